The lowest BCUT2D eigenvalue weighted by Crippen LogP contribution is -2.43. The van der Waals surface area contributed by atoms with Crippen LogP contribution in [0.5, 0.6) is 0 Å². The Morgan fingerprint density at radius 3 is 2.32 bits per heavy atom. The number of pyridine rings is 1. The number of amides is 2. The number of carbonyl (C=O) groups excluding carboxylic acids is 2. The average Bonchev–Trinajstić information content (AvgIpc) is 2.90. The van der Waals surface area contributed by atoms with Crippen LogP contribution in [0.4, 0.5) is 15.9 Å². The molecule has 1 saturated heterocycles. The highest BCUT2D eigenvalue weighted by atomic mass is 19.1. The van der Waals surface area contributed by atoms with Crippen molar-refractivity contribution in [2.75, 3.05) is 23.7 Å². The van der Waals surface area contributed by atoms with Crippen LogP contribution in [0.3, 0.4) is 0 Å². The molecule has 1 fully saturated rings. The van der Waals surface area contributed by atoms with Crippen molar-refractivity contribution in [2.45, 2.75) is 65.6 Å². The summed E-state index contributed by atoms with van der Waals surface area (Å²) in [5.41, 5.74) is 3.67. The van der Waals surface area contributed by atoms with Crippen LogP contribution in [0.25, 0.3) is 0 Å². The Bertz CT molecular complexity index is 1290. The predicted octanol–water partition coefficient (Wildman–Crippen LogP) is 6.43. The molecule has 2 aromatic carbocycles. The van der Waals surface area contributed by atoms with Crippen molar-refractivity contribution >= 4 is 23.3 Å². The maximum absolute atomic E-state index is 15.7. The van der Waals surface area contributed by atoms with Gasteiger partial charge < -0.3 is 15.5 Å². The van der Waals surface area contributed by atoms with Crippen molar-refractivity contribution in [1.82, 2.24) is 9.88 Å². The van der Waals surface area contributed by atoms with Crippen LogP contribution in [0.15, 0.2) is 54.7 Å². The number of likely N-dealkylation sites (tertiary alicyclic amines) is 1. The molecule has 0 saturated carbocycles. The molecule has 200 valence electrons. The topological polar surface area (TPSA) is 74.3 Å². The molecule has 2 heterocycles. The second-order valence-corrected chi connectivity index (χ2v) is 10.5. The fraction of sp³-hybridized carbons (Fsp3) is 0.387. The molecule has 2 amide bonds. The first kappa shape index (κ1) is 27.3. The third kappa shape index (κ3) is 6.04. The van der Waals surface area contributed by atoms with Crippen LogP contribution < -0.4 is 10.6 Å². The van der Waals surface area contributed by atoms with E-state index in [0.29, 0.717) is 47.7 Å². The van der Waals surface area contributed by atoms with Crippen LogP contribution in [-0.2, 0) is 12.1 Å². The van der Waals surface area contributed by atoms with Gasteiger partial charge in [-0.2, -0.15) is 0 Å². The molecule has 0 unspecified atom stereocenters. The Kier molecular flexibility index (Phi) is 8.14. The lowest BCUT2D eigenvalue weighted by Gasteiger charge is -2.37. The molecule has 1 aromatic heterocycles. The van der Waals surface area contributed by atoms with Gasteiger partial charge >= 0.3 is 0 Å². The number of rotatable bonds is 7. The number of anilines is 2. The fourth-order valence-electron chi connectivity index (χ4n) is 4.89. The number of halogens is 1. The van der Waals surface area contributed by atoms with Gasteiger partial charge in [0.25, 0.3) is 11.8 Å². The lowest BCUT2D eigenvalue weighted by molar-refractivity contribution is 0.0420. The molecule has 3 aromatic rings. The fourth-order valence-corrected chi connectivity index (χ4v) is 4.89. The first-order chi connectivity index (χ1) is 18.1. The molecule has 0 aliphatic carbocycles. The molecule has 4 rings (SSSR count). The number of nitrogens with zero attached hydrogens (tertiary/aromatic N) is 2. The normalized spacial score (nSPS) is 14.9. The second kappa shape index (κ2) is 11.3. The number of aromatic nitrogens is 1. The van der Waals surface area contributed by atoms with Crippen molar-refractivity contribution in [2.24, 2.45) is 0 Å². The molecule has 0 radical (unpaired) electrons. The zero-order valence-corrected chi connectivity index (χ0v) is 22.9. The van der Waals surface area contributed by atoms with Gasteiger partial charge in [0, 0.05) is 49.4 Å². The van der Waals surface area contributed by atoms with E-state index in [1.165, 1.54) is 6.20 Å². The summed E-state index contributed by atoms with van der Waals surface area (Å²) in [6, 6.07) is 15.0. The van der Waals surface area contributed by atoms with Crippen molar-refractivity contribution < 1.29 is 14.0 Å². The maximum atomic E-state index is 15.7. The summed E-state index contributed by atoms with van der Waals surface area (Å²) in [6.45, 7) is 10.6. The summed E-state index contributed by atoms with van der Waals surface area (Å²) in [5, 5.41) is 6.18. The van der Waals surface area contributed by atoms with Gasteiger partial charge in [0.05, 0.1) is 5.56 Å². The Hall–Kier alpha value is -3.74. The smallest absolute Gasteiger partial charge is 0.257 e. The van der Waals surface area contributed by atoms with Gasteiger partial charge in [-0.15, -0.1) is 0 Å². The van der Waals surface area contributed by atoms with Gasteiger partial charge in [-0.1, -0.05) is 42.8 Å². The van der Waals surface area contributed by atoms with Crippen molar-refractivity contribution in [1.29, 1.82) is 0 Å². The van der Waals surface area contributed by atoms with Crippen LogP contribution in [0.2, 0.25) is 0 Å². The van der Waals surface area contributed by atoms with E-state index in [0.717, 1.165) is 16.7 Å². The number of carbonyl (C=O) groups is 2. The van der Waals surface area contributed by atoms with E-state index in [1.54, 1.807) is 23.1 Å². The molecule has 1 aliphatic heterocycles. The predicted molar refractivity (Wildman–Crippen MR) is 151 cm³/mol. The zero-order chi connectivity index (χ0) is 27.4. The molecule has 0 atom stereocenters. The van der Waals surface area contributed by atoms with E-state index in [1.807, 2.05) is 65.0 Å². The molecule has 0 spiro atoms. The molecular weight excluding hydrogens is 479 g/mol. The highest BCUT2D eigenvalue weighted by molar-refractivity contribution is 6.05. The Balaban J connectivity index is 1.49. The van der Waals surface area contributed by atoms with Gasteiger partial charge in [0.15, 0.2) is 0 Å². The molecule has 6 nitrogen and oxygen atoms in total. The molecular formula is C31H37FN4O2. The van der Waals surface area contributed by atoms with Gasteiger partial charge in [-0.3, -0.25) is 9.59 Å². The number of piperidine rings is 1. The minimum atomic E-state index is -1.43. The number of benzene rings is 2. The highest BCUT2D eigenvalue weighted by Crippen LogP contribution is 2.37. The van der Waals surface area contributed by atoms with Crippen LogP contribution in [0, 0.1) is 13.8 Å². The molecule has 0 bridgehead atoms. The third-order valence-electron chi connectivity index (χ3n) is 7.18. The van der Waals surface area contributed by atoms with Crippen molar-refractivity contribution in [3.63, 3.8) is 0 Å². The van der Waals surface area contributed by atoms with Crippen molar-refractivity contribution in [3.05, 3.63) is 88.1 Å². The molecule has 2 N–H and O–H groups in total. The lowest BCUT2D eigenvalue weighted by atomic mass is 9.85. The summed E-state index contributed by atoms with van der Waals surface area (Å²) in [6.07, 6.45) is 2.75. The van der Waals surface area contributed by atoms with Crippen LogP contribution in [0.1, 0.15) is 76.6 Å². The largest absolute Gasteiger partial charge is 0.368 e. The Labute approximate surface area is 224 Å². The zero-order valence-electron chi connectivity index (χ0n) is 22.9. The first-order valence-electron chi connectivity index (χ1n) is 13.3. The maximum Gasteiger partial charge on any atom is 0.257 e. The van der Waals surface area contributed by atoms with Crippen molar-refractivity contribution in [3.8, 4) is 0 Å². The van der Waals surface area contributed by atoms with Gasteiger partial charge in [-0.25, -0.2) is 9.37 Å². The highest BCUT2D eigenvalue weighted by Gasteiger charge is 2.38. The van der Waals surface area contributed by atoms with E-state index >= 15 is 4.39 Å². The molecule has 38 heavy (non-hydrogen) atoms. The minimum absolute atomic E-state index is 0.141. The number of alkyl halides is 1. The number of nitrogens with one attached hydrogen (secondary N) is 2. The molecule has 1 aliphatic rings. The van der Waals surface area contributed by atoms with E-state index in [2.05, 4.69) is 15.6 Å². The van der Waals surface area contributed by atoms with Crippen LogP contribution in [-0.4, -0.2) is 40.8 Å². The quantitative estimate of drug-likeness (QED) is 0.379. The number of hydrogen-bond acceptors (Lipinski definition) is 4. The Morgan fingerprint density at radius 2 is 1.74 bits per heavy atom. The SMILES string of the molecule is CCc1cc(C)c(C(=O)N2CCC(F)(c3ccc(C)cc3)CC2)cc1NC(=O)c1ccc(NC(C)C)nc1. The summed E-state index contributed by atoms with van der Waals surface area (Å²) < 4.78 is 15.7. The third-order valence-corrected chi connectivity index (χ3v) is 7.18. The van der Waals surface area contributed by atoms with E-state index in [-0.39, 0.29) is 30.7 Å². The second-order valence-electron chi connectivity index (χ2n) is 10.5. The summed E-state index contributed by atoms with van der Waals surface area (Å²) in [5.74, 6) is 0.274. The van der Waals surface area contributed by atoms with Crippen LogP contribution >= 0.6 is 0 Å². The molecule has 7 heteroatoms. The Morgan fingerprint density at radius 1 is 1.05 bits per heavy atom. The van der Waals surface area contributed by atoms with Gasteiger partial charge in [0.1, 0.15) is 11.5 Å². The number of hydrogen-bond donors (Lipinski definition) is 2. The van der Waals surface area contributed by atoms with Gasteiger partial charge in [-0.05, 0) is 69.0 Å². The monoisotopic (exact) mass is 516 g/mol. The van der Waals surface area contributed by atoms with E-state index < -0.39 is 5.67 Å². The summed E-state index contributed by atoms with van der Waals surface area (Å²) in [4.78, 5) is 32.6. The standard InChI is InChI=1S/C31H37FN4O2/c1-6-23-17-22(5)26(18-27(23)35-29(37)24-9-12-28(33-19-24)34-20(2)3)30(38)36-15-13-31(32,14-16-36)25-10-7-21(4)8-11-25/h7-12,17-20H,6,13-16H2,1-5H3,(H,33,34)(H,35,37). The minimum Gasteiger partial charge on any atom is -0.368 e. The first-order valence-corrected chi connectivity index (χ1v) is 13.3. The van der Waals surface area contributed by atoms with E-state index in [9.17, 15) is 9.59 Å². The summed E-state index contributed by atoms with van der Waals surface area (Å²) >= 11 is 0. The van der Waals surface area contributed by atoms with Gasteiger partial charge in [0.2, 0.25) is 0 Å². The number of aryl methyl sites for hydroxylation is 3. The summed E-state index contributed by atoms with van der Waals surface area (Å²) in [7, 11) is 0. The van der Waals surface area contributed by atoms with E-state index in [4.69, 9.17) is 0 Å². The average molecular weight is 517 g/mol.